The second-order valence-electron chi connectivity index (χ2n) is 5.88. The molecular formula is C22H24N4O5Pd. The van der Waals surface area contributed by atoms with Crippen LogP contribution in [0.3, 0.4) is 0 Å². The largest absolute Gasteiger partial charge is 0.481 e. The van der Waals surface area contributed by atoms with Crippen molar-refractivity contribution in [1.82, 2.24) is 15.3 Å². The van der Waals surface area contributed by atoms with E-state index in [4.69, 9.17) is 19.8 Å². The number of benzene rings is 1. The van der Waals surface area contributed by atoms with Crippen LogP contribution in [-0.4, -0.2) is 45.1 Å². The number of nitrogens with one attached hydrogen (secondary N) is 1. The average Bonchev–Trinajstić information content (AvgIpc) is 2.75. The number of carbonyl (C=O) groups is 3. The quantitative estimate of drug-likeness (QED) is 0.437. The smallest absolute Gasteiger partial charge is 0.300 e. The first kappa shape index (κ1) is 28.4. The van der Waals surface area contributed by atoms with Crippen molar-refractivity contribution < 1.29 is 45.0 Å². The minimum absolute atomic E-state index is 0. The Morgan fingerprint density at radius 3 is 1.50 bits per heavy atom. The third-order valence-corrected chi connectivity index (χ3v) is 3.37. The van der Waals surface area contributed by atoms with Crippen LogP contribution < -0.4 is 10.2 Å². The average molecular weight is 531 g/mol. The van der Waals surface area contributed by atoms with Crippen molar-refractivity contribution in [3.05, 3.63) is 78.6 Å². The van der Waals surface area contributed by atoms with Crippen molar-refractivity contribution in [3.8, 4) is 0 Å². The van der Waals surface area contributed by atoms with Crippen molar-refractivity contribution in [3.63, 3.8) is 0 Å². The van der Waals surface area contributed by atoms with E-state index in [9.17, 15) is 4.79 Å². The van der Waals surface area contributed by atoms with Crippen molar-refractivity contribution in [2.24, 2.45) is 0 Å². The topological polar surface area (TPSA) is 133 Å². The molecule has 0 atom stereocenters. The summed E-state index contributed by atoms with van der Waals surface area (Å²) in [7, 11) is 1.62. The van der Waals surface area contributed by atoms with Crippen molar-refractivity contribution in [1.29, 1.82) is 0 Å². The molecule has 0 aliphatic heterocycles. The molecule has 0 unspecified atom stereocenters. The number of carboxylic acids is 2. The van der Waals surface area contributed by atoms with E-state index >= 15 is 0 Å². The molecule has 0 radical (unpaired) electrons. The number of nitrogens with zero attached hydrogens (tertiary/aromatic N) is 3. The van der Waals surface area contributed by atoms with Crippen molar-refractivity contribution >= 4 is 35.2 Å². The number of carboxylic acid groups (broad SMARTS) is 2. The third kappa shape index (κ3) is 10.4. The van der Waals surface area contributed by atoms with Gasteiger partial charge in [0.05, 0.1) is 0 Å². The van der Waals surface area contributed by atoms with Crippen LogP contribution in [0.2, 0.25) is 0 Å². The van der Waals surface area contributed by atoms with Gasteiger partial charge in [0, 0.05) is 65.0 Å². The minimum atomic E-state index is -0.833. The van der Waals surface area contributed by atoms with Gasteiger partial charge >= 0.3 is 0 Å². The molecule has 3 N–H and O–H groups in total. The molecule has 9 nitrogen and oxygen atoms in total. The fourth-order valence-corrected chi connectivity index (χ4v) is 2.26. The molecule has 2 aromatic heterocycles. The van der Waals surface area contributed by atoms with E-state index in [1.807, 2.05) is 53.4 Å². The van der Waals surface area contributed by atoms with E-state index in [1.165, 1.54) is 0 Å². The molecule has 2 heterocycles. The zero-order valence-corrected chi connectivity index (χ0v) is 19.3. The van der Waals surface area contributed by atoms with Gasteiger partial charge in [0.2, 0.25) is 0 Å². The molecule has 0 bridgehead atoms. The maximum Gasteiger partial charge on any atom is 0.300 e. The Hall–Kier alpha value is -3.61. The van der Waals surface area contributed by atoms with Crippen LogP contribution in [0.4, 0.5) is 17.3 Å². The molecule has 3 aromatic rings. The van der Waals surface area contributed by atoms with E-state index in [0.717, 1.165) is 31.2 Å². The van der Waals surface area contributed by atoms with Crippen LogP contribution in [0.5, 0.6) is 0 Å². The van der Waals surface area contributed by atoms with Gasteiger partial charge in [0.1, 0.15) is 11.6 Å². The number of aromatic nitrogens is 2. The van der Waals surface area contributed by atoms with Gasteiger partial charge in [-0.25, -0.2) is 9.97 Å². The molecule has 0 aliphatic carbocycles. The molecule has 0 spiro atoms. The first-order valence-electron chi connectivity index (χ1n) is 9.09. The standard InChI is InChI=1S/C18H16N4O.2C2H4O2.Pd/c1-19-18(23)14-8-10-15(11-9-14)22(16-6-2-4-12-20-16)17-7-3-5-13-21-17;2*1-2(3)4;/h2-13H,1H3,(H,19,23);2*1H3,(H,3,4);. The summed E-state index contributed by atoms with van der Waals surface area (Å²) in [6, 6.07) is 18.8. The Labute approximate surface area is 199 Å². The molecule has 0 saturated heterocycles. The summed E-state index contributed by atoms with van der Waals surface area (Å²) in [5.74, 6) is -0.253. The number of carbonyl (C=O) groups excluding carboxylic acids is 1. The van der Waals surface area contributed by atoms with Gasteiger partial charge in [-0.15, -0.1) is 0 Å². The number of rotatable bonds is 4. The number of pyridine rings is 2. The molecule has 0 aliphatic rings. The fraction of sp³-hybridized carbons (Fsp3) is 0.136. The van der Waals surface area contributed by atoms with E-state index < -0.39 is 11.9 Å². The van der Waals surface area contributed by atoms with Gasteiger partial charge in [0.25, 0.3) is 17.8 Å². The number of hydrogen-bond acceptors (Lipinski definition) is 6. The summed E-state index contributed by atoms with van der Waals surface area (Å²) in [4.78, 5) is 40.4. The van der Waals surface area contributed by atoms with Crippen LogP contribution >= 0.6 is 0 Å². The Morgan fingerprint density at radius 1 is 0.781 bits per heavy atom. The number of hydrogen-bond donors (Lipinski definition) is 3. The maximum absolute atomic E-state index is 11.7. The summed E-state index contributed by atoms with van der Waals surface area (Å²) in [6.45, 7) is 2.17. The summed E-state index contributed by atoms with van der Waals surface area (Å²) in [5, 5.41) is 17.4. The normalized spacial score (nSPS) is 8.84. The molecule has 32 heavy (non-hydrogen) atoms. The second-order valence-corrected chi connectivity index (χ2v) is 5.88. The third-order valence-electron chi connectivity index (χ3n) is 3.37. The molecule has 1 amide bonds. The van der Waals surface area contributed by atoms with Crippen molar-refractivity contribution in [2.75, 3.05) is 11.9 Å². The zero-order chi connectivity index (χ0) is 23.2. The number of anilines is 3. The summed E-state index contributed by atoms with van der Waals surface area (Å²) in [6.07, 6.45) is 3.48. The zero-order valence-electron chi connectivity index (χ0n) is 17.7. The number of aliphatic carboxylic acids is 2. The molecule has 10 heteroatoms. The van der Waals surface area contributed by atoms with E-state index in [-0.39, 0.29) is 26.3 Å². The SMILES string of the molecule is CC(=O)O.CC(=O)O.CNC(=O)c1ccc(N(c2ccccn2)c2ccccn2)cc1.[Pd]. The summed E-state index contributed by atoms with van der Waals surface area (Å²) >= 11 is 0. The van der Waals surface area contributed by atoms with Crippen LogP contribution in [0.15, 0.2) is 73.1 Å². The Balaban J connectivity index is 0.000000928. The first-order chi connectivity index (χ1) is 14.8. The van der Waals surface area contributed by atoms with Gasteiger partial charge < -0.3 is 15.5 Å². The minimum Gasteiger partial charge on any atom is -0.481 e. The molecular weight excluding hydrogens is 507 g/mol. The fourth-order valence-electron chi connectivity index (χ4n) is 2.26. The number of amides is 1. The van der Waals surface area contributed by atoms with Gasteiger partial charge in [-0.05, 0) is 48.5 Å². The van der Waals surface area contributed by atoms with Crippen LogP contribution in [0, 0.1) is 0 Å². The molecule has 0 fully saturated rings. The maximum atomic E-state index is 11.7. The Kier molecular flexibility index (Phi) is 13.5. The van der Waals surface area contributed by atoms with Gasteiger partial charge in [0.15, 0.2) is 0 Å². The van der Waals surface area contributed by atoms with Gasteiger partial charge in [-0.1, -0.05) is 12.1 Å². The second kappa shape index (κ2) is 15.2. The molecule has 1 aromatic carbocycles. The van der Waals surface area contributed by atoms with E-state index in [0.29, 0.717) is 5.56 Å². The molecule has 172 valence electrons. The summed E-state index contributed by atoms with van der Waals surface area (Å²) < 4.78 is 0. The van der Waals surface area contributed by atoms with Crippen LogP contribution in [0.25, 0.3) is 0 Å². The van der Waals surface area contributed by atoms with E-state index in [2.05, 4.69) is 15.3 Å². The van der Waals surface area contributed by atoms with Gasteiger partial charge in [-0.3, -0.25) is 19.3 Å². The monoisotopic (exact) mass is 530 g/mol. The molecule has 0 saturated carbocycles. The predicted molar refractivity (Wildman–Crippen MR) is 117 cm³/mol. The molecule has 3 rings (SSSR count). The predicted octanol–water partition coefficient (Wildman–Crippen LogP) is 3.49. The summed E-state index contributed by atoms with van der Waals surface area (Å²) in [5.41, 5.74) is 1.49. The van der Waals surface area contributed by atoms with Crippen molar-refractivity contribution in [2.45, 2.75) is 13.8 Å². The first-order valence-corrected chi connectivity index (χ1v) is 9.09. The Bertz CT molecular complexity index is 911. The van der Waals surface area contributed by atoms with Crippen LogP contribution in [0.1, 0.15) is 24.2 Å². The van der Waals surface area contributed by atoms with Crippen LogP contribution in [-0.2, 0) is 30.0 Å². The van der Waals surface area contributed by atoms with E-state index in [1.54, 1.807) is 31.6 Å². The van der Waals surface area contributed by atoms with Gasteiger partial charge in [-0.2, -0.15) is 0 Å². The Morgan fingerprint density at radius 2 is 1.19 bits per heavy atom.